The number of esters is 3. The summed E-state index contributed by atoms with van der Waals surface area (Å²) in [5.41, 5.74) is 0. The Morgan fingerprint density at radius 2 is 0.609 bits per heavy atom. The van der Waals surface area contributed by atoms with Crippen LogP contribution in [-0.4, -0.2) is 37.2 Å². The fourth-order valence-corrected chi connectivity index (χ4v) is 7.15. The van der Waals surface area contributed by atoms with Crippen LogP contribution in [0.4, 0.5) is 0 Å². The van der Waals surface area contributed by atoms with Crippen molar-refractivity contribution in [3.8, 4) is 0 Å². The molecule has 0 saturated carbocycles. The molecular formula is C58H98O6. The van der Waals surface area contributed by atoms with Gasteiger partial charge in [-0.3, -0.25) is 14.4 Å². The highest BCUT2D eigenvalue weighted by Gasteiger charge is 2.19. The second kappa shape index (κ2) is 52.2. The number of rotatable bonds is 47. The monoisotopic (exact) mass is 891 g/mol. The SMILES string of the molecule is CC/C=C\C/C=C\C/C=C\C/C=C\C/C=C\C/C=C\CCCCCCCCCCC(=O)OCC(COC(=O)CCCCCCCC)OC(=O)CCCCCCC/C=C\CCCCCC. The third-order valence-electron chi connectivity index (χ3n) is 11.1. The lowest BCUT2D eigenvalue weighted by molar-refractivity contribution is -0.167. The van der Waals surface area contributed by atoms with Gasteiger partial charge in [0.1, 0.15) is 13.2 Å². The zero-order chi connectivity index (χ0) is 46.5. The first-order valence-electron chi connectivity index (χ1n) is 26.6. The van der Waals surface area contributed by atoms with E-state index in [0.717, 1.165) is 116 Å². The van der Waals surface area contributed by atoms with Gasteiger partial charge in [0.15, 0.2) is 6.10 Å². The molecule has 0 spiro atoms. The van der Waals surface area contributed by atoms with Crippen LogP contribution in [0.3, 0.4) is 0 Å². The van der Waals surface area contributed by atoms with Crippen molar-refractivity contribution in [2.75, 3.05) is 13.2 Å². The van der Waals surface area contributed by atoms with Gasteiger partial charge in [-0.15, -0.1) is 0 Å². The van der Waals surface area contributed by atoms with Crippen molar-refractivity contribution >= 4 is 17.9 Å². The second-order valence-electron chi connectivity index (χ2n) is 17.4. The van der Waals surface area contributed by atoms with E-state index in [4.69, 9.17) is 14.2 Å². The maximum atomic E-state index is 12.7. The third kappa shape index (κ3) is 49.6. The minimum atomic E-state index is -0.780. The molecule has 0 aromatic rings. The van der Waals surface area contributed by atoms with E-state index in [1.165, 1.54) is 89.9 Å². The molecule has 6 heteroatoms. The van der Waals surface area contributed by atoms with E-state index in [-0.39, 0.29) is 31.1 Å². The average Bonchev–Trinajstić information content (AvgIpc) is 3.29. The summed E-state index contributed by atoms with van der Waals surface area (Å²) in [5, 5.41) is 0. The predicted octanol–water partition coefficient (Wildman–Crippen LogP) is 17.6. The van der Waals surface area contributed by atoms with Gasteiger partial charge in [0.2, 0.25) is 0 Å². The van der Waals surface area contributed by atoms with Crippen LogP contribution >= 0.6 is 0 Å². The number of hydrogen-bond acceptors (Lipinski definition) is 6. The first-order chi connectivity index (χ1) is 31.5. The van der Waals surface area contributed by atoms with Crippen molar-refractivity contribution < 1.29 is 28.6 Å². The van der Waals surface area contributed by atoms with E-state index in [9.17, 15) is 14.4 Å². The molecule has 0 aliphatic heterocycles. The average molecular weight is 891 g/mol. The Morgan fingerprint density at radius 1 is 0.328 bits per heavy atom. The molecule has 0 aliphatic carbocycles. The van der Waals surface area contributed by atoms with Crippen LogP contribution in [0, 0.1) is 0 Å². The highest BCUT2D eigenvalue weighted by Crippen LogP contribution is 2.14. The molecule has 0 aromatic heterocycles. The maximum Gasteiger partial charge on any atom is 0.306 e. The largest absolute Gasteiger partial charge is 0.462 e. The molecule has 0 rings (SSSR count). The van der Waals surface area contributed by atoms with Gasteiger partial charge in [-0.05, 0) is 96.3 Å². The lowest BCUT2D eigenvalue weighted by atomic mass is 10.1. The fourth-order valence-electron chi connectivity index (χ4n) is 7.15. The van der Waals surface area contributed by atoms with E-state index in [2.05, 4.69) is 106 Å². The summed E-state index contributed by atoms with van der Waals surface area (Å²) >= 11 is 0. The molecule has 0 saturated heterocycles. The topological polar surface area (TPSA) is 78.9 Å². The van der Waals surface area contributed by atoms with Gasteiger partial charge in [0.25, 0.3) is 0 Å². The summed E-state index contributed by atoms with van der Waals surface area (Å²) in [6.07, 6.45) is 67.4. The smallest absolute Gasteiger partial charge is 0.306 e. The molecule has 1 atom stereocenters. The minimum absolute atomic E-state index is 0.0821. The highest BCUT2D eigenvalue weighted by atomic mass is 16.6. The van der Waals surface area contributed by atoms with Crippen molar-refractivity contribution in [2.24, 2.45) is 0 Å². The van der Waals surface area contributed by atoms with Crippen molar-refractivity contribution in [3.63, 3.8) is 0 Å². The van der Waals surface area contributed by atoms with Gasteiger partial charge < -0.3 is 14.2 Å². The second-order valence-corrected chi connectivity index (χ2v) is 17.4. The highest BCUT2D eigenvalue weighted by molar-refractivity contribution is 5.71. The van der Waals surface area contributed by atoms with Crippen LogP contribution < -0.4 is 0 Å². The first-order valence-corrected chi connectivity index (χ1v) is 26.6. The zero-order valence-corrected chi connectivity index (χ0v) is 41.8. The Labute approximate surface area is 395 Å². The van der Waals surface area contributed by atoms with Gasteiger partial charge in [-0.25, -0.2) is 0 Å². The van der Waals surface area contributed by atoms with Gasteiger partial charge in [0.05, 0.1) is 0 Å². The molecule has 0 amide bonds. The van der Waals surface area contributed by atoms with Crippen molar-refractivity contribution in [1.82, 2.24) is 0 Å². The van der Waals surface area contributed by atoms with E-state index >= 15 is 0 Å². The van der Waals surface area contributed by atoms with Gasteiger partial charge in [0, 0.05) is 19.3 Å². The summed E-state index contributed by atoms with van der Waals surface area (Å²) < 4.78 is 16.7. The van der Waals surface area contributed by atoms with Crippen LogP contribution in [0.25, 0.3) is 0 Å². The zero-order valence-electron chi connectivity index (χ0n) is 41.8. The number of carbonyl (C=O) groups is 3. The van der Waals surface area contributed by atoms with Gasteiger partial charge >= 0.3 is 17.9 Å². The van der Waals surface area contributed by atoms with Crippen molar-refractivity contribution in [3.05, 3.63) is 85.1 Å². The molecule has 366 valence electrons. The van der Waals surface area contributed by atoms with E-state index in [1.807, 2.05) is 0 Å². The van der Waals surface area contributed by atoms with Gasteiger partial charge in [-0.1, -0.05) is 215 Å². The Morgan fingerprint density at radius 3 is 0.984 bits per heavy atom. The molecule has 0 heterocycles. The van der Waals surface area contributed by atoms with Crippen LogP contribution in [-0.2, 0) is 28.6 Å². The maximum absolute atomic E-state index is 12.7. The molecule has 1 unspecified atom stereocenters. The van der Waals surface area contributed by atoms with E-state index < -0.39 is 6.10 Å². The number of allylic oxidation sites excluding steroid dienone is 14. The lowest BCUT2D eigenvalue weighted by Gasteiger charge is -2.18. The third-order valence-corrected chi connectivity index (χ3v) is 11.1. The summed E-state index contributed by atoms with van der Waals surface area (Å²) in [7, 11) is 0. The molecule has 64 heavy (non-hydrogen) atoms. The Kier molecular flexibility index (Phi) is 49.4. The molecule has 0 radical (unpaired) electrons. The molecule has 0 aliphatic rings. The standard InChI is InChI=1S/C58H98O6/c1-4-7-10-13-16-18-20-22-23-24-25-26-27-28-29-30-31-32-33-34-35-37-38-40-42-45-48-51-57(60)63-54-55(53-62-56(59)50-47-44-15-12-9-6-3)64-58(61)52-49-46-43-41-39-36-21-19-17-14-11-8-5-2/h7,10,16,18-19,21-23,25-26,28-29,31-32,55H,4-6,8-9,11-15,17,20,24,27,30,33-54H2,1-3H3/b10-7-,18-16-,21-19-,23-22-,26-25-,29-28-,32-31-. The molecule has 0 fully saturated rings. The van der Waals surface area contributed by atoms with Crippen molar-refractivity contribution in [2.45, 2.75) is 252 Å². The number of ether oxygens (including phenoxy) is 3. The fraction of sp³-hybridized carbons (Fsp3) is 0.707. The molecule has 0 aromatic carbocycles. The van der Waals surface area contributed by atoms with E-state index in [0.29, 0.717) is 19.3 Å². The van der Waals surface area contributed by atoms with Crippen LogP contribution in [0.5, 0.6) is 0 Å². The Balaban J connectivity index is 4.15. The Hall–Kier alpha value is -3.41. The number of carbonyl (C=O) groups excluding carboxylic acids is 3. The normalized spacial score (nSPS) is 12.7. The summed E-state index contributed by atoms with van der Waals surface area (Å²) in [5.74, 6) is -0.910. The van der Waals surface area contributed by atoms with Crippen LogP contribution in [0.2, 0.25) is 0 Å². The molecular weight excluding hydrogens is 793 g/mol. The van der Waals surface area contributed by atoms with E-state index in [1.54, 1.807) is 0 Å². The molecule has 0 N–H and O–H groups in total. The lowest BCUT2D eigenvalue weighted by Crippen LogP contribution is -2.30. The summed E-state index contributed by atoms with van der Waals surface area (Å²) in [6, 6.07) is 0. The van der Waals surface area contributed by atoms with Crippen LogP contribution in [0.1, 0.15) is 245 Å². The first kappa shape index (κ1) is 60.6. The number of hydrogen-bond donors (Lipinski definition) is 0. The molecule has 6 nitrogen and oxygen atoms in total. The van der Waals surface area contributed by atoms with Crippen molar-refractivity contribution in [1.29, 1.82) is 0 Å². The minimum Gasteiger partial charge on any atom is -0.462 e. The van der Waals surface area contributed by atoms with Gasteiger partial charge in [-0.2, -0.15) is 0 Å². The quantitative estimate of drug-likeness (QED) is 0.0262. The predicted molar refractivity (Wildman–Crippen MR) is 274 cm³/mol. The summed E-state index contributed by atoms with van der Waals surface area (Å²) in [4.78, 5) is 37.7. The van der Waals surface area contributed by atoms with Crippen LogP contribution in [0.15, 0.2) is 85.1 Å². The Bertz CT molecular complexity index is 1250. The number of unbranched alkanes of at least 4 members (excludes halogenated alkanes) is 22. The molecule has 0 bridgehead atoms. The summed E-state index contributed by atoms with van der Waals surface area (Å²) in [6.45, 7) is 6.43.